The van der Waals surface area contributed by atoms with Crippen LogP contribution < -0.4 is 15.8 Å². The minimum atomic E-state index is -3.58. The fraction of sp³-hybridized carbons (Fsp3) is 0.606. The zero-order valence-corrected chi connectivity index (χ0v) is 27.9. The summed E-state index contributed by atoms with van der Waals surface area (Å²) in [5.41, 5.74) is 7.88. The summed E-state index contributed by atoms with van der Waals surface area (Å²) in [6.07, 6.45) is 7.42. The van der Waals surface area contributed by atoms with Gasteiger partial charge >= 0.3 is 12.1 Å². The number of rotatable bonds is 15. The summed E-state index contributed by atoms with van der Waals surface area (Å²) >= 11 is 0. The molecule has 4 amide bonds. The van der Waals surface area contributed by atoms with Crippen molar-refractivity contribution in [2.24, 2.45) is 17.6 Å². The van der Waals surface area contributed by atoms with Crippen LogP contribution in [0.4, 0.5) is 10.5 Å². The van der Waals surface area contributed by atoms with Crippen molar-refractivity contribution in [3.8, 4) is 0 Å². The van der Waals surface area contributed by atoms with Crippen LogP contribution in [-0.4, -0.2) is 75.2 Å². The van der Waals surface area contributed by atoms with Crippen molar-refractivity contribution in [1.82, 2.24) is 9.62 Å². The van der Waals surface area contributed by atoms with Gasteiger partial charge in [0, 0.05) is 24.9 Å². The van der Waals surface area contributed by atoms with Crippen molar-refractivity contribution in [3.05, 3.63) is 41.0 Å². The third-order valence-electron chi connectivity index (χ3n) is 9.16. The van der Waals surface area contributed by atoms with Crippen LogP contribution in [0, 0.1) is 11.8 Å². The molecular weight excluding hydrogens is 628 g/mol. The summed E-state index contributed by atoms with van der Waals surface area (Å²) in [4.78, 5) is 64.2. The van der Waals surface area contributed by atoms with Gasteiger partial charge < -0.3 is 20.1 Å². The highest BCUT2D eigenvalue weighted by Gasteiger charge is 2.44. The quantitative estimate of drug-likeness (QED) is 0.183. The van der Waals surface area contributed by atoms with Crippen LogP contribution in [0.2, 0.25) is 0 Å². The van der Waals surface area contributed by atoms with E-state index in [9.17, 15) is 32.4 Å². The first-order valence-electron chi connectivity index (χ1n) is 16.4. The van der Waals surface area contributed by atoms with E-state index in [0.29, 0.717) is 37.1 Å². The number of anilines is 1. The first-order chi connectivity index (χ1) is 22.4. The SMILES string of the molecule is COC(=O)c1cccc(NC(=O)O[C@@H]2CC(C(N)=O)[C@H](C(=O)N(C)CCCCCCC3=C(C(=O)NS(=O)(=O)C4CC4)CCCC3)C2)c1. The van der Waals surface area contributed by atoms with Gasteiger partial charge in [0.05, 0.1) is 29.8 Å². The number of unbranched alkanes of at least 4 members (excludes halogenated alkanes) is 3. The predicted octanol–water partition coefficient (Wildman–Crippen LogP) is 3.79. The first-order valence-corrected chi connectivity index (χ1v) is 17.9. The summed E-state index contributed by atoms with van der Waals surface area (Å²) in [5.74, 6) is -3.33. The first kappa shape index (κ1) is 35.9. The number of benzene rings is 1. The number of nitrogens with two attached hydrogens (primary N) is 1. The molecule has 0 bridgehead atoms. The van der Waals surface area contributed by atoms with Crippen LogP contribution in [0.5, 0.6) is 0 Å². The Hall–Kier alpha value is -3.94. The molecule has 3 atom stereocenters. The smallest absolute Gasteiger partial charge is 0.411 e. The molecule has 1 aromatic carbocycles. The predicted molar refractivity (Wildman–Crippen MR) is 173 cm³/mol. The largest absolute Gasteiger partial charge is 0.465 e. The van der Waals surface area contributed by atoms with Gasteiger partial charge in [-0.25, -0.2) is 22.7 Å². The fourth-order valence-electron chi connectivity index (χ4n) is 6.42. The molecule has 4 rings (SSSR count). The number of carbonyl (C=O) groups is 5. The van der Waals surface area contributed by atoms with Gasteiger partial charge in [0.25, 0.3) is 5.91 Å². The molecule has 13 nitrogen and oxygen atoms in total. The fourth-order valence-corrected chi connectivity index (χ4v) is 7.72. The Morgan fingerprint density at radius 1 is 0.979 bits per heavy atom. The summed E-state index contributed by atoms with van der Waals surface area (Å²) in [7, 11) is -0.635. The van der Waals surface area contributed by atoms with Gasteiger partial charge in [-0.15, -0.1) is 0 Å². The van der Waals surface area contributed by atoms with Crippen LogP contribution in [0.1, 0.15) is 93.8 Å². The van der Waals surface area contributed by atoms with E-state index in [1.54, 1.807) is 30.1 Å². The third-order valence-corrected chi connectivity index (χ3v) is 11.0. The Bertz CT molecular complexity index is 1490. The minimum Gasteiger partial charge on any atom is -0.465 e. The molecule has 0 aromatic heterocycles. The van der Waals surface area contributed by atoms with Crippen LogP contribution >= 0.6 is 0 Å². The van der Waals surface area contributed by atoms with Gasteiger partial charge in [-0.05, 0) is 88.8 Å². The lowest BCUT2D eigenvalue weighted by atomic mass is 9.88. The highest BCUT2D eigenvalue weighted by atomic mass is 32.2. The van der Waals surface area contributed by atoms with E-state index in [-0.39, 0.29) is 24.3 Å². The van der Waals surface area contributed by atoms with Crippen molar-refractivity contribution < 1.29 is 41.9 Å². The molecule has 3 aliphatic rings. The van der Waals surface area contributed by atoms with Crippen molar-refractivity contribution in [2.75, 3.05) is 26.0 Å². The average molecular weight is 675 g/mol. The molecule has 0 saturated heterocycles. The molecule has 4 N–H and O–H groups in total. The summed E-state index contributed by atoms with van der Waals surface area (Å²) in [6, 6.07) is 6.17. The molecule has 0 aliphatic heterocycles. The Kier molecular flexibility index (Phi) is 12.4. The number of methoxy groups -OCH3 is 1. The third kappa shape index (κ3) is 10.0. The van der Waals surface area contributed by atoms with E-state index >= 15 is 0 Å². The van der Waals surface area contributed by atoms with Gasteiger partial charge in [0.2, 0.25) is 21.8 Å². The number of allylic oxidation sites excluding steroid dienone is 1. The lowest BCUT2D eigenvalue weighted by Gasteiger charge is -2.23. The Morgan fingerprint density at radius 2 is 1.68 bits per heavy atom. The highest BCUT2D eigenvalue weighted by molar-refractivity contribution is 7.91. The number of carbonyl (C=O) groups excluding carboxylic acids is 5. The minimum absolute atomic E-state index is 0.136. The molecule has 14 heteroatoms. The molecule has 1 aromatic rings. The number of hydrogen-bond donors (Lipinski definition) is 3. The molecule has 47 heavy (non-hydrogen) atoms. The summed E-state index contributed by atoms with van der Waals surface area (Å²) in [6.45, 7) is 0.485. The standard InChI is InChI=1S/C33H46N4O9S/c1-37(17-8-4-3-5-10-21-11-6-7-14-26(21)30(39)36-47(43,44)25-15-16-25)31(40)28-20-24(19-27(28)29(34)38)46-33(42)35-23-13-9-12-22(18-23)32(41)45-2/h9,12-13,18,24-25,27-28H,3-8,10-11,14-17,19-20H2,1-2H3,(H2,34,38)(H,35,42)(H,36,39)/t24-,27?,28-/m1/s1. The van der Waals surface area contributed by atoms with Crippen LogP contribution in [0.15, 0.2) is 35.4 Å². The van der Waals surface area contributed by atoms with Crippen molar-refractivity contribution in [3.63, 3.8) is 0 Å². The number of primary amides is 1. The van der Waals surface area contributed by atoms with Crippen LogP contribution in [0.3, 0.4) is 0 Å². The van der Waals surface area contributed by atoms with E-state index in [1.165, 1.54) is 13.2 Å². The Balaban J connectivity index is 1.20. The topological polar surface area (TPSA) is 191 Å². The van der Waals surface area contributed by atoms with Crippen LogP contribution in [-0.2, 0) is 33.9 Å². The van der Waals surface area contributed by atoms with Gasteiger partial charge in [-0.3, -0.25) is 19.7 Å². The number of ether oxygens (including phenoxy) is 2. The second kappa shape index (κ2) is 16.2. The maximum absolute atomic E-state index is 13.3. The van der Waals surface area contributed by atoms with E-state index in [1.807, 2.05) is 0 Å². The maximum Gasteiger partial charge on any atom is 0.411 e. The lowest BCUT2D eigenvalue weighted by Crippen LogP contribution is -2.39. The molecule has 2 saturated carbocycles. The average Bonchev–Trinajstić information content (AvgIpc) is 3.83. The highest BCUT2D eigenvalue weighted by Crippen LogP contribution is 2.36. The van der Waals surface area contributed by atoms with Crippen molar-refractivity contribution >= 4 is 45.5 Å². The van der Waals surface area contributed by atoms with Gasteiger partial charge in [-0.1, -0.05) is 24.5 Å². The van der Waals surface area contributed by atoms with Gasteiger partial charge in [-0.2, -0.15) is 0 Å². The number of hydrogen-bond acceptors (Lipinski definition) is 9. The number of esters is 1. The second-order valence-corrected chi connectivity index (χ2v) is 14.7. The van der Waals surface area contributed by atoms with Crippen LogP contribution in [0.25, 0.3) is 0 Å². The molecule has 1 unspecified atom stereocenters. The number of nitrogens with zero attached hydrogens (tertiary/aromatic N) is 1. The van der Waals surface area contributed by atoms with E-state index in [2.05, 4.69) is 10.0 Å². The van der Waals surface area contributed by atoms with Crippen molar-refractivity contribution in [1.29, 1.82) is 0 Å². The monoisotopic (exact) mass is 674 g/mol. The Morgan fingerprint density at radius 3 is 2.38 bits per heavy atom. The molecule has 258 valence electrons. The maximum atomic E-state index is 13.3. The van der Waals surface area contributed by atoms with E-state index in [4.69, 9.17) is 15.2 Å². The van der Waals surface area contributed by atoms with Gasteiger partial charge in [0.15, 0.2) is 0 Å². The lowest BCUT2D eigenvalue weighted by molar-refractivity contribution is -0.139. The Labute approximate surface area is 276 Å². The zero-order valence-electron chi connectivity index (χ0n) is 27.1. The number of sulfonamides is 1. The zero-order chi connectivity index (χ0) is 34.1. The summed E-state index contributed by atoms with van der Waals surface area (Å²) < 4.78 is 37.0. The number of nitrogens with one attached hydrogen (secondary N) is 2. The molecule has 0 radical (unpaired) electrons. The molecule has 3 aliphatic carbocycles. The van der Waals surface area contributed by atoms with E-state index in [0.717, 1.165) is 56.9 Å². The summed E-state index contributed by atoms with van der Waals surface area (Å²) in [5, 5.41) is 2.12. The molecular formula is C33H46N4O9S. The molecule has 2 fully saturated rings. The normalized spacial score (nSPS) is 21.1. The molecule has 0 heterocycles. The molecule has 0 spiro atoms. The number of amides is 4. The van der Waals surface area contributed by atoms with E-state index < -0.39 is 57.1 Å². The van der Waals surface area contributed by atoms with Crippen molar-refractivity contribution in [2.45, 2.75) is 94.8 Å². The van der Waals surface area contributed by atoms with Gasteiger partial charge in [0.1, 0.15) is 6.10 Å². The second-order valence-electron chi connectivity index (χ2n) is 12.7.